The molecule has 0 aliphatic carbocycles. The third-order valence-electron chi connectivity index (χ3n) is 4.12. The standard InChI is InChI=1S/C17H13N7O/c1-25-14-5-4-13-15(22-14)11-8-19-24-16(11)17(21-13)20-10-2-3-12-9(6-10)7-18-23-12/h2-8H,1H3,(H,18,23)(H,19,24)(H,20,21). The lowest BCUT2D eigenvalue weighted by molar-refractivity contribution is 0.399. The maximum absolute atomic E-state index is 5.21. The fourth-order valence-corrected chi connectivity index (χ4v) is 2.91. The summed E-state index contributed by atoms with van der Waals surface area (Å²) in [6.07, 6.45) is 3.53. The number of aromatic amines is 2. The molecule has 5 aromatic rings. The molecule has 0 aliphatic rings. The van der Waals surface area contributed by atoms with Crippen LogP contribution in [0.15, 0.2) is 42.7 Å². The SMILES string of the molecule is COc1ccc2nc(Nc3ccc4[nH]ncc4c3)c3[nH]ncc3c2n1. The van der Waals surface area contributed by atoms with Crippen molar-refractivity contribution < 1.29 is 4.74 Å². The van der Waals surface area contributed by atoms with Crippen molar-refractivity contribution in [3.63, 3.8) is 0 Å². The Balaban J connectivity index is 1.67. The second-order valence-corrected chi connectivity index (χ2v) is 5.64. The van der Waals surface area contributed by atoms with Gasteiger partial charge in [-0.15, -0.1) is 0 Å². The molecule has 3 N–H and O–H groups in total. The minimum Gasteiger partial charge on any atom is -0.481 e. The summed E-state index contributed by atoms with van der Waals surface area (Å²) in [5.74, 6) is 1.23. The highest BCUT2D eigenvalue weighted by molar-refractivity contribution is 6.07. The third kappa shape index (κ3) is 2.15. The van der Waals surface area contributed by atoms with E-state index in [0.717, 1.165) is 38.5 Å². The van der Waals surface area contributed by atoms with E-state index in [9.17, 15) is 0 Å². The third-order valence-corrected chi connectivity index (χ3v) is 4.12. The van der Waals surface area contributed by atoms with Crippen LogP contribution in [0.1, 0.15) is 0 Å². The lowest BCUT2D eigenvalue weighted by Crippen LogP contribution is -1.97. The molecule has 8 heteroatoms. The summed E-state index contributed by atoms with van der Waals surface area (Å²) in [6, 6.07) is 9.64. The maximum atomic E-state index is 5.21. The number of nitrogens with zero attached hydrogens (tertiary/aromatic N) is 4. The van der Waals surface area contributed by atoms with Crippen LogP contribution in [0.2, 0.25) is 0 Å². The van der Waals surface area contributed by atoms with E-state index >= 15 is 0 Å². The normalized spacial score (nSPS) is 11.4. The van der Waals surface area contributed by atoms with Gasteiger partial charge in [-0.3, -0.25) is 10.2 Å². The number of methoxy groups -OCH3 is 1. The number of pyridine rings is 2. The first-order chi connectivity index (χ1) is 12.3. The molecular weight excluding hydrogens is 318 g/mol. The van der Waals surface area contributed by atoms with E-state index in [1.54, 1.807) is 25.6 Å². The van der Waals surface area contributed by atoms with E-state index in [1.807, 2.05) is 24.3 Å². The van der Waals surface area contributed by atoms with E-state index in [-0.39, 0.29) is 0 Å². The van der Waals surface area contributed by atoms with Crippen molar-refractivity contribution in [3.8, 4) is 5.88 Å². The van der Waals surface area contributed by atoms with Gasteiger partial charge in [0.15, 0.2) is 5.82 Å². The van der Waals surface area contributed by atoms with E-state index < -0.39 is 0 Å². The van der Waals surface area contributed by atoms with E-state index in [2.05, 4.69) is 30.7 Å². The van der Waals surface area contributed by atoms with Gasteiger partial charge in [0.25, 0.3) is 0 Å². The van der Waals surface area contributed by atoms with E-state index in [4.69, 9.17) is 9.72 Å². The molecule has 0 saturated heterocycles. The average molecular weight is 331 g/mol. The largest absolute Gasteiger partial charge is 0.481 e. The molecule has 0 bridgehead atoms. The Hall–Kier alpha value is -3.68. The number of rotatable bonds is 3. The van der Waals surface area contributed by atoms with Gasteiger partial charge in [-0.1, -0.05) is 0 Å². The molecule has 4 heterocycles. The van der Waals surface area contributed by atoms with E-state index in [0.29, 0.717) is 11.7 Å². The highest BCUT2D eigenvalue weighted by Gasteiger charge is 2.13. The summed E-state index contributed by atoms with van der Waals surface area (Å²) in [6.45, 7) is 0. The fourth-order valence-electron chi connectivity index (χ4n) is 2.91. The molecule has 1 aromatic carbocycles. The van der Waals surface area contributed by atoms with Crippen molar-refractivity contribution in [1.29, 1.82) is 0 Å². The first kappa shape index (κ1) is 13.7. The molecule has 0 saturated carbocycles. The van der Waals surface area contributed by atoms with Crippen LogP contribution >= 0.6 is 0 Å². The number of ether oxygens (including phenoxy) is 1. The number of fused-ring (bicyclic) bond motifs is 4. The summed E-state index contributed by atoms with van der Waals surface area (Å²) in [4.78, 5) is 9.18. The average Bonchev–Trinajstić information content (AvgIpc) is 3.30. The van der Waals surface area contributed by atoms with Gasteiger partial charge in [0.2, 0.25) is 5.88 Å². The van der Waals surface area contributed by atoms with Crippen LogP contribution in [0.4, 0.5) is 11.5 Å². The topological polar surface area (TPSA) is 104 Å². The van der Waals surface area contributed by atoms with Gasteiger partial charge >= 0.3 is 0 Å². The number of anilines is 2. The second-order valence-electron chi connectivity index (χ2n) is 5.64. The minimum atomic E-state index is 0.544. The highest BCUT2D eigenvalue weighted by atomic mass is 16.5. The molecule has 0 unspecified atom stereocenters. The Labute approximate surface area is 141 Å². The Bertz CT molecular complexity index is 1220. The van der Waals surface area contributed by atoms with Crippen molar-refractivity contribution >= 4 is 44.3 Å². The zero-order chi connectivity index (χ0) is 16.8. The van der Waals surface area contributed by atoms with Crippen molar-refractivity contribution in [2.45, 2.75) is 0 Å². The Morgan fingerprint density at radius 3 is 2.84 bits per heavy atom. The summed E-state index contributed by atoms with van der Waals surface area (Å²) in [5.41, 5.74) is 4.21. The summed E-state index contributed by atoms with van der Waals surface area (Å²) in [5, 5.41) is 19.4. The Morgan fingerprint density at radius 2 is 1.92 bits per heavy atom. The van der Waals surface area contributed by atoms with Crippen molar-refractivity contribution in [2.24, 2.45) is 0 Å². The molecule has 8 nitrogen and oxygen atoms in total. The summed E-state index contributed by atoms with van der Waals surface area (Å²) in [7, 11) is 1.59. The lowest BCUT2D eigenvalue weighted by Gasteiger charge is -2.09. The molecule has 4 aromatic heterocycles. The molecular formula is C17H13N7O. The zero-order valence-electron chi connectivity index (χ0n) is 13.2. The van der Waals surface area contributed by atoms with Gasteiger partial charge in [-0.25, -0.2) is 9.97 Å². The van der Waals surface area contributed by atoms with Crippen LogP contribution in [0.5, 0.6) is 5.88 Å². The summed E-state index contributed by atoms with van der Waals surface area (Å²) >= 11 is 0. The predicted octanol–water partition coefficient (Wildman–Crippen LogP) is 3.13. The van der Waals surface area contributed by atoms with Gasteiger partial charge in [0.1, 0.15) is 11.0 Å². The highest BCUT2D eigenvalue weighted by Crippen LogP contribution is 2.30. The monoisotopic (exact) mass is 331 g/mol. The molecule has 0 fully saturated rings. The van der Waals surface area contributed by atoms with Gasteiger partial charge in [0.05, 0.1) is 35.9 Å². The van der Waals surface area contributed by atoms with Crippen molar-refractivity contribution in [2.75, 3.05) is 12.4 Å². The molecule has 0 aliphatic heterocycles. The van der Waals surface area contributed by atoms with Gasteiger partial charge in [-0.2, -0.15) is 10.2 Å². The van der Waals surface area contributed by atoms with Crippen LogP contribution in [-0.4, -0.2) is 37.5 Å². The molecule has 0 radical (unpaired) electrons. The molecule has 5 rings (SSSR count). The number of hydrogen-bond acceptors (Lipinski definition) is 6. The van der Waals surface area contributed by atoms with Crippen LogP contribution in [-0.2, 0) is 0 Å². The molecule has 0 spiro atoms. The predicted molar refractivity (Wildman–Crippen MR) is 95.1 cm³/mol. The minimum absolute atomic E-state index is 0.544. The van der Waals surface area contributed by atoms with Gasteiger partial charge < -0.3 is 10.1 Å². The molecule has 0 atom stereocenters. The second kappa shape index (κ2) is 5.17. The number of nitrogens with one attached hydrogen (secondary N) is 3. The van der Waals surface area contributed by atoms with Crippen LogP contribution in [0.25, 0.3) is 32.8 Å². The maximum Gasteiger partial charge on any atom is 0.213 e. The Morgan fingerprint density at radius 1 is 1.00 bits per heavy atom. The number of aromatic nitrogens is 6. The Kier molecular flexibility index (Phi) is 2.84. The number of H-pyrrole nitrogens is 2. The van der Waals surface area contributed by atoms with Crippen molar-refractivity contribution in [1.82, 2.24) is 30.4 Å². The molecule has 122 valence electrons. The molecule has 25 heavy (non-hydrogen) atoms. The first-order valence-electron chi connectivity index (χ1n) is 7.70. The van der Waals surface area contributed by atoms with Crippen LogP contribution < -0.4 is 10.1 Å². The smallest absolute Gasteiger partial charge is 0.213 e. The molecule has 0 amide bonds. The van der Waals surface area contributed by atoms with Gasteiger partial charge in [0, 0.05) is 17.1 Å². The van der Waals surface area contributed by atoms with Crippen LogP contribution in [0, 0.1) is 0 Å². The van der Waals surface area contributed by atoms with Gasteiger partial charge in [-0.05, 0) is 24.3 Å². The number of benzene rings is 1. The van der Waals surface area contributed by atoms with E-state index in [1.165, 1.54) is 0 Å². The van der Waals surface area contributed by atoms with Crippen molar-refractivity contribution in [3.05, 3.63) is 42.7 Å². The lowest BCUT2D eigenvalue weighted by atomic mass is 10.2. The summed E-state index contributed by atoms with van der Waals surface area (Å²) < 4.78 is 5.21. The van der Waals surface area contributed by atoms with Crippen LogP contribution in [0.3, 0.4) is 0 Å². The number of hydrogen-bond donors (Lipinski definition) is 3. The quantitative estimate of drug-likeness (QED) is 0.469. The first-order valence-corrected chi connectivity index (χ1v) is 7.70. The fraction of sp³-hybridized carbons (Fsp3) is 0.0588. The zero-order valence-corrected chi connectivity index (χ0v) is 13.2.